The number of carbonyl (C=O) groups is 1. The maximum absolute atomic E-state index is 11.9. The number of carbonyl (C=O) groups excluding carboxylic acids is 1. The van der Waals surface area contributed by atoms with Crippen molar-refractivity contribution in [3.05, 3.63) is 0 Å². The van der Waals surface area contributed by atoms with Crippen LogP contribution < -0.4 is 0 Å². The molecule has 0 bridgehead atoms. The molecule has 0 unspecified atom stereocenters. The molecule has 2 fully saturated rings. The van der Waals surface area contributed by atoms with Crippen molar-refractivity contribution >= 4 is 6.09 Å². The molecule has 0 aromatic rings. The van der Waals surface area contributed by atoms with Gasteiger partial charge in [-0.2, -0.15) is 0 Å². The summed E-state index contributed by atoms with van der Waals surface area (Å²) in [5.74, 6) is 0. The minimum Gasteiger partial charge on any atom is -0.443 e. The number of halogens is 2. The van der Waals surface area contributed by atoms with Crippen LogP contribution in [-0.2, 0) is 4.74 Å². The van der Waals surface area contributed by atoms with E-state index in [9.17, 15) is 13.6 Å². The standard InChI is InChI=1S/C11H18F2N2O2/c1-14-7-11(8-14)2-4-15(5-3-11)10(16)17-6-9(12)13/h9H,2-8H2,1H3. The van der Waals surface area contributed by atoms with Crippen molar-refractivity contribution in [2.75, 3.05) is 39.8 Å². The van der Waals surface area contributed by atoms with E-state index in [2.05, 4.69) is 16.7 Å². The molecule has 0 N–H and O–H groups in total. The lowest BCUT2D eigenvalue weighted by Crippen LogP contribution is -2.59. The first-order valence-corrected chi connectivity index (χ1v) is 5.89. The number of rotatable bonds is 2. The predicted octanol–water partition coefficient (Wildman–Crippen LogP) is 1.42. The normalized spacial score (nSPS) is 23.9. The zero-order valence-electron chi connectivity index (χ0n) is 9.99. The average molecular weight is 248 g/mol. The van der Waals surface area contributed by atoms with Crippen LogP contribution in [0.25, 0.3) is 0 Å². The second-order valence-corrected chi connectivity index (χ2v) is 5.13. The summed E-state index contributed by atoms with van der Waals surface area (Å²) in [4.78, 5) is 15.2. The number of likely N-dealkylation sites (tertiary alicyclic amines) is 2. The molecule has 1 spiro atoms. The van der Waals surface area contributed by atoms with Gasteiger partial charge in [-0.25, -0.2) is 13.6 Å². The third-order valence-corrected chi connectivity index (χ3v) is 3.63. The molecule has 2 heterocycles. The SMILES string of the molecule is CN1CC2(CCN(C(=O)OCC(F)F)CC2)C1. The topological polar surface area (TPSA) is 32.8 Å². The lowest BCUT2D eigenvalue weighted by molar-refractivity contribution is -0.0346. The van der Waals surface area contributed by atoms with Crippen molar-refractivity contribution in [1.82, 2.24) is 9.80 Å². The van der Waals surface area contributed by atoms with Crippen LogP contribution >= 0.6 is 0 Å². The van der Waals surface area contributed by atoms with Crippen LogP contribution in [-0.4, -0.2) is 62.2 Å². The van der Waals surface area contributed by atoms with Crippen LogP contribution in [0.5, 0.6) is 0 Å². The summed E-state index contributed by atoms with van der Waals surface area (Å²) in [6, 6.07) is 0. The van der Waals surface area contributed by atoms with Crippen molar-refractivity contribution < 1.29 is 18.3 Å². The molecule has 0 aliphatic carbocycles. The summed E-state index contributed by atoms with van der Waals surface area (Å²) in [6.07, 6.45) is -1.30. The fourth-order valence-electron chi connectivity index (χ4n) is 2.80. The monoisotopic (exact) mass is 248 g/mol. The van der Waals surface area contributed by atoms with Gasteiger partial charge in [0.1, 0.15) is 0 Å². The molecule has 0 saturated carbocycles. The Balaban J connectivity index is 1.73. The molecule has 2 saturated heterocycles. The van der Waals surface area contributed by atoms with Crippen LogP contribution in [0.3, 0.4) is 0 Å². The molecule has 0 radical (unpaired) electrons. The summed E-state index contributed by atoms with van der Waals surface area (Å²) in [5, 5.41) is 0. The van der Waals surface area contributed by atoms with Gasteiger partial charge in [0, 0.05) is 26.2 Å². The van der Waals surface area contributed by atoms with Gasteiger partial charge >= 0.3 is 6.09 Å². The summed E-state index contributed by atoms with van der Waals surface area (Å²) < 4.78 is 28.3. The van der Waals surface area contributed by atoms with Crippen LogP contribution in [0.2, 0.25) is 0 Å². The van der Waals surface area contributed by atoms with E-state index >= 15 is 0 Å². The Hall–Kier alpha value is -0.910. The molecule has 0 atom stereocenters. The summed E-state index contributed by atoms with van der Waals surface area (Å²) in [7, 11) is 2.08. The van der Waals surface area contributed by atoms with Gasteiger partial charge < -0.3 is 14.5 Å². The Morgan fingerprint density at radius 1 is 1.35 bits per heavy atom. The Morgan fingerprint density at radius 3 is 2.41 bits per heavy atom. The van der Waals surface area contributed by atoms with E-state index < -0.39 is 19.1 Å². The highest BCUT2D eigenvalue weighted by Gasteiger charge is 2.43. The lowest BCUT2D eigenvalue weighted by atomic mass is 9.72. The first-order chi connectivity index (χ1) is 8.01. The van der Waals surface area contributed by atoms with Crippen molar-refractivity contribution in [2.24, 2.45) is 5.41 Å². The molecule has 2 aliphatic heterocycles. The van der Waals surface area contributed by atoms with Gasteiger partial charge in [0.05, 0.1) is 0 Å². The first kappa shape index (κ1) is 12.5. The van der Waals surface area contributed by atoms with E-state index in [0.717, 1.165) is 25.9 Å². The van der Waals surface area contributed by atoms with Gasteiger partial charge in [0.2, 0.25) is 0 Å². The first-order valence-electron chi connectivity index (χ1n) is 5.89. The van der Waals surface area contributed by atoms with E-state index in [1.54, 1.807) is 0 Å². The van der Waals surface area contributed by atoms with Crippen LogP contribution in [0.15, 0.2) is 0 Å². The molecule has 4 nitrogen and oxygen atoms in total. The second kappa shape index (κ2) is 4.76. The van der Waals surface area contributed by atoms with E-state index in [1.807, 2.05) is 0 Å². The van der Waals surface area contributed by atoms with Gasteiger partial charge in [-0.1, -0.05) is 0 Å². The van der Waals surface area contributed by atoms with E-state index in [-0.39, 0.29) is 0 Å². The second-order valence-electron chi connectivity index (χ2n) is 5.13. The van der Waals surface area contributed by atoms with Crippen molar-refractivity contribution in [1.29, 1.82) is 0 Å². The fourth-order valence-corrected chi connectivity index (χ4v) is 2.80. The van der Waals surface area contributed by atoms with E-state index in [4.69, 9.17) is 0 Å². The Labute approximate surface area is 99.5 Å². The molecule has 0 aromatic heterocycles. The van der Waals surface area contributed by atoms with Crippen molar-refractivity contribution in [2.45, 2.75) is 19.3 Å². The smallest absolute Gasteiger partial charge is 0.409 e. The molecule has 98 valence electrons. The minimum atomic E-state index is -2.59. The zero-order valence-corrected chi connectivity index (χ0v) is 9.99. The highest BCUT2D eigenvalue weighted by Crippen LogP contribution is 2.39. The van der Waals surface area contributed by atoms with Gasteiger partial charge in [-0.15, -0.1) is 0 Å². The van der Waals surface area contributed by atoms with Gasteiger partial charge in [-0.05, 0) is 25.3 Å². The third kappa shape index (κ3) is 2.86. The molecule has 0 aromatic carbocycles. The quantitative estimate of drug-likeness (QED) is 0.741. The number of nitrogens with zero attached hydrogens (tertiary/aromatic N) is 2. The van der Waals surface area contributed by atoms with E-state index in [1.165, 1.54) is 4.90 Å². The number of ether oxygens (including phenoxy) is 1. The number of piperidine rings is 1. The fraction of sp³-hybridized carbons (Fsp3) is 0.909. The summed E-state index contributed by atoms with van der Waals surface area (Å²) in [6.45, 7) is 2.59. The van der Waals surface area contributed by atoms with Crippen molar-refractivity contribution in [3.63, 3.8) is 0 Å². The number of amides is 1. The van der Waals surface area contributed by atoms with Crippen LogP contribution in [0.4, 0.5) is 13.6 Å². The highest BCUT2D eigenvalue weighted by atomic mass is 19.3. The average Bonchev–Trinajstić information content (AvgIpc) is 2.25. The largest absolute Gasteiger partial charge is 0.443 e. The Morgan fingerprint density at radius 2 is 1.94 bits per heavy atom. The zero-order chi connectivity index (χ0) is 12.5. The third-order valence-electron chi connectivity index (χ3n) is 3.63. The Kier molecular flexibility index (Phi) is 3.51. The van der Waals surface area contributed by atoms with E-state index in [0.29, 0.717) is 18.5 Å². The number of hydrogen-bond acceptors (Lipinski definition) is 3. The lowest BCUT2D eigenvalue weighted by Gasteiger charge is -2.52. The number of alkyl halides is 2. The van der Waals surface area contributed by atoms with Gasteiger partial charge in [0.25, 0.3) is 6.43 Å². The molecule has 2 rings (SSSR count). The van der Waals surface area contributed by atoms with Gasteiger partial charge in [0.15, 0.2) is 6.61 Å². The summed E-state index contributed by atoms with van der Waals surface area (Å²) >= 11 is 0. The molecule has 1 amide bonds. The molecular weight excluding hydrogens is 230 g/mol. The van der Waals surface area contributed by atoms with Crippen LogP contribution in [0.1, 0.15) is 12.8 Å². The Bertz CT molecular complexity index is 283. The highest BCUT2D eigenvalue weighted by molar-refractivity contribution is 5.67. The maximum Gasteiger partial charge on any atom is 0.409 e. The molecular formula is C11H18F2N2O2. The van der Waals surface area contributed by atoms with Crippen molar-refractivity contribution in [3.8, 4) is 0 Å². The molecule has 17 heavy (non-hydrogen) atoms. The van der Waals surface area contributed by atoms with Gasteiger partial charge in [-0.3, -0.25) is 0 Å². The maximum atomic E-state index is 11.9. The minimum absolute atomic E-state index is 0.355. The predicted molar refractivity (Wildman–Crippen MR) is 58.1 cm³/mol. The number of hydrogen-bond donors (Lipinski definition) is 0. The summed E-state index contributed by atoms with van der Waals surface area (Å²) in [5.41, 5.74) is 0.355. The van der Waals surface area contributed by atoms with Crippen LogP contribution in [0, 0.1) is 5.41 Å². The molecule has 2 aliphatic rings. The molecule has 6 heteroatoms.